The van der Waals surface area contributed by atoms with Gasteiger partial charge >= 0.3 is 5.97 Å². The van der Waals surface area contributed by atoms with Crippen LogP contribution in [0.5, 0.6) is 0 Å². The molecule has 0 saturated carbocycles. The van der Waals surface area contributed by atoms with E-state index in [2.05, 4.69) is 15.8 Å². The fourth-order valence-electron chi connectivity index (χ4n) is 3.74. The first-order chi connectivity index (χ1) is 14.7. The van der Waals surface area contributed by atoms with Crippen molar-refractivity contribution in [3.05, 3.63) is 52.2 Å². The van der Waals surface area contributed by atoms with Crippen LogP contribution in [0.3, 0.4) is 0 Å². The van der Waals surface area contributed by atoms with Crippen molar-refractivity contribution >= 4 is 17.1 Å². The molecule has 0 spiro atoms. The van der Waals surface area contributed by atoms with Crippen LogP contribution in [-0.2, 0) is 16.0 Å². The highest BCUT2D eigenvalue weighted by molar-refractivity contribution is 5.76. The predicted molar refractivity (Wildman–Crippen MR) is 119 cm³/mol. The summed E-state index contributed by atoms with van der Waals surface area (Å²) >= 11 is 0. The van der Waals surface area contributed by atoms with Crippen molar-refractivity contribution in [1.29, 1.82) is 0 Å². The summed E-state index contributed by atoms with van der Waals surface area (Å²) in [5.74, 6) is 0.439. The Morgan fingerprint density at radius 2 is 1.60 bits per heavy atom. The molecule has 1 aliphatic heterocycles. The number of hydrogen-bond donors (Lipinski definition) is 0. The van der Waals surface area contributed by atoms with Gasteiger partial charge in [-0.3, -0.25) is 9.59 Å². The van der Waals surface area contributed by atoms with Crippen LogP contribution in [0, 0.1) is 0 Å². The van der Waals surface area contributed by atoms with Crippen molar-refractivity contribution in [3.63, 3.8) is 0 Å². The first-order valence-corrected chi connectivity index (χ1v) is 11.1. The van der Waals surface area contributed by atoms with E-state index in [1.54, 1.807) is 6.07 Å². The Morgan fingerprint density at radius 1 is 0.900 bits per heavy atom. The van der Waals surface area contributed by atoms with E-state index in [1.807, 2.05) is 12.1 Å². The van der Waals surface area contributed by atoms with E-state index in [1.165, 1.54) is 63.3 Å². The van der Waals surface area contributed by atoms with Gasteiger partial charge in [-0.2, -0.15) is 0 Å². The van der Waals surface area contributed by atoms with Crippen LogP contribution in [0.25, 0.3) is 22.6 Å². The quantitative estimate of drug-likeness (QED) is 0.211. The molecule has 1 heterocycles. The third-order valence-corrected chi connectivity index (χ3v) is 5.49. The van der Waals surface area contributed by atoms with Gasteiger partial charge in [-0.05, 0) is 49.1 Å². The Hall–Kier alpha value is -2.69. The number of rotatable bonds is 12. The number of carbonyl (C=O) groups is 1. The topological polar surface area (TPSA) is 69.4 Å². The van der Waals surface area contributed by atoms with E-state index in [4.69, 9.17) is 4.42 Å². The molecule has 0 unspecified atom stereocenters. The summed E-state index contributed by atoms with van der Waals surface area (Å²) in [6.07, 6.45) is 12.3. The Labute approximate surface area is 177 Å². The number of nitrogens with zero attached hydrogens (tertiary/aromatic N) is 1. The van der Waals surface area contributed by atoms with E-state index in [9.17, 15) is 9.59 Å². The molecule has 0 atom stereocenters. The zero-order valence-corrected chi connectivity index (χ0v) is 17.8. The second kappa shape index (κ2) is 11.5. The summed E-state index contributed by atoms with van der Waals surface area (Å²) in [6, 6.07) is 10.9. The van der Waals surface area contributed by atoms with E-state index in [0.29, 0.717) is 17.9 Å². The highest BCUT2D eigenvalue weighted by atomic mass is 16.5. The van der Waals surface area contributed by atoms with Crippen LogP contribution < -0.4 is 5.43 Å². The number of methoxy groups -OCH3 is 1. The molecule has 1 aliphatic carbocycles. The van der Waals surface area contributed by atoms with E-state index >= 15 is 0 Å². The molecule has 1 aromatic rings. The Morgan fingerprint density at radius 3 is 2.33 bits per heavy atom. The maximum absolute atomic E-state index is 11.5. The summed E-state index contributed by atoms with van der Waals surface area (Å²) < 4.78 is 10.5. The van der Waals surface area contributed by atoms with E-state index in [0.717, 1.165) is 36.8 Å². The van der Waals surface area contributed by atoms with Crippen molar-refractivity contribution in [3.8, 4) is 11.5 Å². The number of aryl methyl sites for hydroxylation is 1. The zero-order chi connectivity index (χ0) is 21.2. The van der Waals surface area contributed by atoms with Crippen molar-refractivity contribution in [2.75, 3.05) is 7.11 Å². The van der Waals surface area contributed by atoms with Gasteiger partial charge in [0.1, 0.15) is 11.2 Å². The highest BCUT2D eigenvalue weighted by Crippen LogP contribution is 2.24. The van der Waals surface area contributed by atoms with Crippen LogP contribution >= 0.6 is 0 Å². The molecular formula is C25H31NO4. The summed E-state index contributed by atoms with van der Waals surface area (Å²) in [6.45, 7) is 0. The molecule has 3 rings (SSSR count). The Kier molecular flexibility index (Phi) is 8.42. The number of unbranched alkanes of at least 4 members (excludes halogenated alkanes) is 8. The minimum Gasteiger partial charge on any atom is -0.469 e. The molecule has 5 heteroatoms. The van der Waals surface area contributed by atoms with Gasteiger partial charge < -0.3 is 9.15 Å². The van der Waals surface area contributed by atoms with Gasteiger partial charge in [-0.15, -0.1) is 0 Å². The maximum atomic E-state index is 11.5. The summed E-state index contributed by atoms with van der Waals surface area (Å²) in [7, 11) is 1.45. The molecule has 1 aromatic carbocycles. The molecule has 0 radical (unpaired) electrons. The monoisotopic (exact) mass is 409 g/mol. The smallest absolute Gasteiger partial charge is 0.305 e. The molecule has 0 aromatic heterocycles. The van der Waals surface area contributed by atoms with E-state index in [-0.39, 0.29) is 11.4 Å². The first-order valence-electron chi connectivity index (χ1n) is 11.1. The number of carbonyl (C=O) groups excluding carboxylic acids is 1. The van der Waals surface area contributed by atoms with Crippen LogP contribution in [0.2, 0.25) is 0 Å². The first kappa shape index (κ1) is 22.0. The lowest BCUT2D eigenvalue weighted by Gasteiger charge is -2.07. The number of aromatic nitrogens is 1. The average molecular weight is 410 g/mol. The van der Waals surface area contributed by atoms with Gasteiger partial charge in [-0.25, -0.2) is 4.98 Å². The maximum Gasteiger partial charge on any atom is 0.305 e. The van der Waals surface area contributed by atoms with Gasteiger partial charge in [0.25, 0.3) is 0 Å². The average Bonchev–Trinajstić information content (AvgIpc) is 2.75. The second-order valence-corrected chi connectivity index (χ2v) is 7.90. The summed E-state index contributed by atoms with van der Waals surface area (Å²) in [5, 5.41) is 0. The van der Waals surface area contributed by atoms with Gasteiger partial charge in [0.05, 0.1) is 7.11 Å². The van der Waals surface area contributed by atoms with Gasteiger partial charge in [-0.1, -0.05) is 51.0 Å². The Balaban J connectivity index is 1.33. The number of esters is 1. The molecule has 30 heavy (non-hydrogen) atoms. The lowest BCUT2D eigenvalue weighted by molar-refractivity contribution is -0.140. The minimum atomic E-state index is -0.101. The van der Waals surface area contributed by atoms with Gasteiger partial charge in [0.15, 0.2) is 16.8 Å². The molecule has 160 valence electrons. The van der Waals surface area contributed by atoms with Crippen LogP contribution in [0.15, 0.2) is 45.6 Å². The molecule has 2 aliphatic rings. The fourth-order valence-corrected chi connectivity index (χ4v) is 3.74. The normalized spacial score (nSPS) is 11.2. The molecule has 0 saturated heterocycles. The van der Waals surface area contributed by atoms with Crippen LogP contribution in [0.1, 0.15) is 69.8 Å². The van der Waals surface area contributed by atoms with Crippen molar-refractivity contribution in [2.45, 2.75) is 70.6 Å². The third kappa shape index (κ3) is 6.68. The number of fused-ring (bicyclic) bond motifs is 2. The number of ether oxygens (including phenoxy) is 1. The fraction of sp³-hybridized carbons (Fsp3) is 0.480. The molecular weight excluding hydrogens is 378 g/mol. The SMILES string of the molecule is COC(=O)CCCCCCCCCCCc1ccc2nc3ccc(=O)cc-3oc2c1. The standard InChI is InChI=1S/C25H31NO4/c1-29-25(28)12-10-8-6-4-2-3-5-7-9-11-19-13-15-21-23(17-19)30-24-18-20(27)14-16-22(24)26-21/h13-18H,2-12H2,1H3. The second-order valence-electron chi connectivity index (χ2n) is 7.90. The van der Waals surface area contributed by atoms with Crippen molar-refractivity contribution in [2.24, 2.45) is 0 Å². The largest absolute Gasteiger partial charge is 0.469 e. The minimum absolute atomic E-state index is 0.0650. The van der Waals surface area contributed by atoms with Gasteiger partial charge in [0, 0.05) is 12.5 Å². The third-order valence-electron chi connectivity index (χ3n) is 5.49. The van der Waals surface area contributed by atoms with Gasteiger partial charge in [0.2, 0.25) is 0 Å². The molecule has 0 N–H and O–H groups in total. The van der Waals surface area contributed by atoms with Crippen molar-refractivity contribution in [1.82, 2.24) is 4.98 Å². The molecule has 0 fully saturated rings. The summed E-state index contributed by atoms with van der Waals surface area (Å²) in [5.41, 5.74) is 3.44. The highest BCUT2D eigenvalue weighted by Gasteiger charge is 2.09. The van der Waals surface area contributed by atoms with E-state index < -0.39 is 0 Å². The number of hydrogen-bond acceptors (Lipinski definition) is 5. The predicted octanol–water partition coefficient (Wildman–Crippen LogP) is 5.91. The van der Waals surface area contributed by atoms with Crippen LogP contribution in [-0.4, -0.2) is 18.1 Å². The molecule has 0 amide bonds. The lowest BCUT2D eigenvalue weighted by atomic mass is 10.0. The Bertz CT molecular complexity index is 978. The van der Waals surface area contributed by atoms with Crippen LogP contribution in [0.4, 0.5) is 0 Å². The zero-order valence-electron chi connectivity index (χ0n) is 17.8. The number of benzene rings is 2. The van der Waals surface area contributed by atoms with Crippen molar-refractivity contribution < 1.29 is 13.9 Å². The molecule has 5 nitrogen and oxygen atoms in total. The summed E-state index contributed by atoms with van der Waals surface area (Å²) in [4.78, 5) is 27.1. The molecule has 0 bridgehead atoms. The lowest BCUT2D eigenvalue weighted by Crippen LogP contribution is -1.99.